The molecule has 0 fully saturated rings. The molecular weight excluding hydrogens is 360 g/mol. The summed E-state index contributed by atoms with van der Waals surface area (Å²) in [5.74, 6) is 1.46. The van der Waals surface area contributed by atoms with Gasteiger partial charge in [0.2, 0.25) is 6.79 Å². The second-order valence-electron chi connectivity index (χ2n) is 5.19. The van der Waals surface area contributed by atoms with Crippen molar-refractivity contribution in [3.8, 4) is 11.5 Å². The summed E-state index contributed by atoms with van der Waals surface area (Å²) in [6.45, 7) is 1.70. The van der Waals surface area contributed by atoms with Crippen LogP contribution in [0.4, 0.5) is 0 Å². The van der Waals surface area contributed by atoms with Gasteiger partial charge in [0.25, 0.3) is 5.91 Å². The Bertz CT molecular complexity index is 717. The minimum Gasteiger partial charge on any atom is -0.454 e. The number of nitrogens with one attached hydrogen (secondary N) is 2. The number of hydrogen-bond donors (Lipinski definition) is 2. The van der Waals surface area contributed by atoms with Gasteiger partial charge in [-0.2, -0.15) is 0 Å². The van der Waals surface area contributed by atoms with Crippen LogP contribution in [0.3, 0.4) is 0 Å². The van der Waals surface area contributed by atoms with E-state index in [1.807, 2.05) is 36.4 Å². The van der Waals surface area contributed by atoms with Crippen LogP contribution in [0.1, 0.15) is 21.5 Å². The molecule has 2 aromatic rings. The Labute approximate surface area is 143 Å². The highest BCUT2D eigenvalue weighted by atomic mass is 79.9. The second kappa shape index (κ2) is 7.02. The first-order valence-corrected chi connectivity index (χ1v) is 8.06. The van der Waals surface area contributed by atoms with E-state index < -0.39 is 0 Å². The Morgan fingerprint density at radius 3 is 2.61 bits per heavy atom. The number of halogens is 1. The SMILES string of the molecule is CNC(=O)c1ccc(CNCc2cc(Br)c3c(c2)OCO3)cc1. The van der Waals surface area contributed by atoms with Gasteiger partial charge < -0.3 is 20.1 Å². The summed E-state index contributed by atoms with van der Waals surface area (Å²) in [4.78, 5) is 11.5. The maximum Gasteiger partial charge on any atom is 0.251 e. The fourth-order valence-corrected chi connectivity index (χ4v) is 3.00. The molecule has 0 atom stereocenters. The molecule has 0 unspecified atom stereocenters. The highest BCUT2D eigenvalue weighted by Crippen LogP contribution is 2.39. The number of amides is 1. The zero-order valence-corrected chi connectivity index (χ0v) is 14.3. The van der Waals surface area contributed by atoms with E-state index in [2.05, 4.69) is 26.6 Å². The summed E-state index contributed by atoms with van der Waals surface area (Å²) in [7, 11) is 1.63. The van der Waals surface area contributed by atoms with Gasteiger partial charge in [-0.05, 0) is 51.3 Å². The Morgan fingerprint density at radius 1 is 1.13 bits per heavy atom. The van der Waals surface area contributed by atoms with Gasteiger partial charge in [0.15, 0.2) is 11.5 Å². The molecule has 6 heteroatoms. The quantitative estimate of drug-likeness (QED) is 0.842. The molecule has 0 saturated carbocycles. The van der Waals surface area contributed by atoms with Crippen LogP contribution in [0, 0.1) is 0 Å². The van der Waals surface area contributed by atoms with Gasteiger partial charge >= 0.3 is 0 Å². The van der Waals surface area contributed by atoms with Crippen LogP contribution in [0.25, 0.3) is 0 Å². The molecule has 23 heavy (non-hydrogen) atoms. The van der Waals surface area contributed by atoms with Crippen molar-refractivity contribution in [3.05, 3.63) is 57.6 Å². The highest BCUT2D eigenvalue weighted by molar-refractivity contribution is 9.10. The fourth-order valence-electron chi connectivity index (χ4n) is 2.39. The van der Waals surface area contributed by atoms with Crippen LogP contribution in [0.2, 0.25) is 0 Å². The maximum atomic E-state index is 11.5. The Kier molecular flexibility index (Phi) is 4.83. The van der Waals surface area contributed by atoms with Crippen molar-refractivity contribution in [2.24, 2.45) is 0 Å². The normalized spacial score (nSPS) is 12.3. The van der Waals surface area contributed by atoms with Crippen LogP contribution in [-0.4, -0.2) is 19.7 Å². The zero-order valence-electron chi connectivity index (χ0n) is 12.7. The molecule has 0 radical (unpaired) electrons. The van der Waals surface area contributed by atoms with Crippen LogP contribution in [0.15, 0.2) is 40.9 Å². The number of benzene rings is 2. The smallest absolute Gasteiger partial charge is 0.251 e. The monoisotopic (exact) mass is 376 g/mol. The molecule has 2 aromatic carbocycles. The first-order valence-electron chi connectivity index (χ1n) is 7.27. The predicted octanol–water partition coefficient (Wildman–Crippen LogP) is 2.83. The largest absolute Gasteiger partial charge is 0.454 e. The minimum absolute atomic E-state index is 0.0743. The summed E-state index contributed by atoms with van der Waals surface area (Å²) in [6.07, 6.45) is 0. The average molecular weight is 377 g/mol. The zero-order chi connectivity index (χ0) is 16.2. The molecule has 120 valence electrons. The third-order valence-corrected chi connectivity index (χ3v) is 4.18. The van der Waals surface area contributed by atoms with Gasteiger partial charge in [-0.15, -0.1) is 0 Å². The topological polar surface area (TPSA) is 59.6 Å². The lowest BCUT2D eigenvalue weighted by Crippen LogP contribution is -2.18. The Morgan fingerprint density at radius 2 is 1.87 bits per heavy atom. The molecule has 0 aliphatic carbocycles. The van der Waals surface area contributed by atoms with Gasteiger partial charge in [0.1, 0.15) is 0 Å². The highest BCUT2D eigenvalue weighted by Gasteiger charge is 2.17. The average Bonchev–Trinajstić information content (AvgIpc) is 3.04. The van der Waals surface area contributed by atoms with Crippen molar-refractivity contribution in [1.29, 1.82) is 0 Å². The lowest BCUT2D eigenvalue weighted by atomic mass is 10.1. The van der Waals surface area contributed by atoms with E-state index in [1.54, 1.807) is 7.05 Å². The molecule has 1 aliphatic heterocycles. The fraction of sp³-hybridized carbons (Fsp3) is 0.235. The summed E-state index contributed by atoms with van der Waals surface area (Å²) in [6, 6.07) is 11.6. The lowest BCUT2D eigenvalue weighted by Gasteiger charge is -2.08. The molecular formula is C17H17BrN2O3. The molecule has 1 heterocycles. The van der Waals surface area contributed by atoms with Gasteiger partial charge in [-0.1, -0.05) is 12.1 Å². The molecule has 2 N–H and O–H groups in total. The van der Waals surface area contributed by atoms with E-state index in [1.165, 1.54) is 0 Å². The Hall–Kier alpha value is -2.05. The summed E-state index contributed by atoms with van der Waals surface area (Å²) < 4.78 is 11.7. The molecule has 1 amide bonds. The first kappa shape index (κ1) is 15.8. The van der Waals surface area contributed by atoms with E-state index in [9.17, 15) is 4.79 Å². The third kappa shape index (κ3) is 3.65. The van der Waals surface area contributed by atoms with Crippen molar-refractivity contribution in [1.82, 2.24) is 10.6 Å². The van der Waals surface area contributed by atoms with Crippen molar-refractivity contribution in [3.63, 3.8) is 0 Å². The Balaban J connectivity index is 1.57. The molecule has 0 aromatic heterocycles. The molecule has 5 nitrogen and oxygen atoms in total. The molecule has 0 bridgehead atoms. The van der Waals surface area contributed by atoms with E-state index in [0.717, 1.165) is 33.6 Å². The van der Waals surface area contributed by atoms with E-state index >= 15 is 0 Å². The van der Waals surface area contributed by atoms with Crippen LogP contribution < -0.4 is 20.1 Å². The van der Waals surface area contributed by atoms with Crippen LogP contribution in [0.5, 0.6) is 11.5 Å². The van der Waals surface area contributed by atoms with E-state index in [0.29, 0.717) is 12.1 Å². The summed E-state index contributed by atoms with van der Waals surface area (Å²) >= 11 is 3.49. The standard InChI is InChI=1S/C17H17BrN2O3/c1-19-17(21)13-4-2-11(3-5-13)8-20-9-12-6-14(18)16-15(7-12)22-10-23-16/h2-7,20H,8-10H2,1H3,(H,19,21). The number of fused-ring (bicyclic) bond motifs is 1. The molecule has 0 spiro atoms. The van der Waals surface area contributed by atoms with Gasteiger partial charge in [-0.3, -0.25) is 4.79 Å². The van der Waals surface area contributed by atoms with E-state index in [-0.39, 0.29) is 12.7 Å². The van der Waals surface area contributed by atoms with Gasteiger partial charge in [0, 0.05) is 25.7 Å². The van der Waals surface area contributed by atoms with Crippen LogP contribution >= 0.6 is 15.9 Å². The number of rotatable bonds is 5. The number of hydrogen-bond acceptors (Lipinski definition) is 4. The second-order valence-corrected chi connectivity index (χ2v) is 6.05. The lowest BCUT2D eigenvalue weighted by molar-refractivity contribution is 0.0963. The summed E-state index contributed by atoms with van der Waals surface area (Å²) in [5, 5.41) is 5.99. The first-order chi connectivity index (χ1) is 11.2. The van der Waals surface area contributed by atoms with Crippen LogP contribution in [-0.2, 0) is 13.1 Å². The van der Waals surface area contributed by atoms with E-state index in [4.69, 9.17) is 9.47 Å². The third-order valence-electron chi connectivity index (χ3n) is 3.59. The number of ether oxygens (including phenoxy) is 2. The summed E-state index contributed by atoms with van der Waals surface area (Å²) in [5.41, 5.74) is 2.90. The van der Waals surface area contributed by atoms with Gasteiger partial charge in [0.05, 0.1) is 4.47 Å². The van der Waals surface area contributed by atoms with Gasteiger partial charge in [-0.25, -0.2) is 0 Å². The van der Waals surface area contributed by atoms with Crippen molar-refractivity contribution in [2.75, 3.05) is 13.8 Å². The molecule has 1 aliphatic rings. The number of carbonyl (C=O) groups is 1. The van der Waals surface area contributed by atoms with Crippen molar-refractivity contribution < 1.29 is 14.3 Å². The number of carbonyl (C=O) groups excluding carboxylic acids is 1. The predicted molar refractivity (Wildman–Crippen MR) is 90.6 cm³/mol. The van der Waals surface area contributed by atoms with Crippen molar-refractivity contribution >= 4 is 21.8 Å². The van der Waals surface area contributed by atoms with Crippen molar-refractivity contribution in [2.45, 2.75) is 13.1 Å². The minimum atomic E-state index is -0.0743. The molecule has 0 saturated heterocycles. The maximum absolute atomic E-state index is 11.5. The molecule has 3 rings (SSSR count).